The molecule has 1 aromatic heterocycles. The minimum atomic E-state index is -0.578. The molecule has 0 aromatic carbocycles. The first kappa shape index (κ1) is 9.43. The molecule has 3 N–H and O–H groups in total. The van der Waals surface area contributed by atoms with Crippen LogP contribution in [-0.4, -0.2) is 21.5 Å². The molecule has 75 valence electrons. The van der Waals surface area contributed by atoms with E-state index in [0.29, 0.717) is 5.82 Å². The topological polar surface area (TPSA) is 62.4 Å². The Kier molecular flexibility index (Phi) is 2.65. The molecule has 4 nitrogen and oxygen atoms in total. The van der Waals surface area contributed by atoms with Crippen molar-refractivity contribution in [2.75, 3.05) is 12.3 Å². The highest BCUT2D eigenvalue weighted by Crippen LogP contribution is 2.24. The zero-order valence-electron chi connectivity index (χ0n) is 7.93. The molecule has 0 spiro atoms. The van der Waals surface area contributed by atoms with Crippen LogP contribution < -0.4 is 5.73 Å². The van der Waals surface area contributed by atoms with Crippen LogP contribution in [0.25, 0.3) is 0 Å². The normalized spacial score (nSPS) is 19.8. The van der Waals surface area contributed by atoms with Gasteiger partial charge >= 0.3 is 0 Å². The summed E-state index contributed by atoms with van der Waals surface area (Å²) < 4.78 is 0. The van der Waals surface area contributed by atoms with Gasteiger partial charge in [-0.2, -0.15) is 0 Å². The Bertz CT molecular complexity index is 293. The molecule has 2 rings (SSSR count). The number of hydrogen-bond donors (Lipinski definition) is 2. The van der Waals surface area contributed by atoms with Crippen LogP contribution in [0, 0.1) is 6.54 Å². The first-order valence-electron chi connectivity index (χ1n) is 4.76. The summed E-state index contributed by atoms with van der Waals surface area (Å²) in [4.78, 5) is 5.87. The molecule has 0 aliphatic carbocycles. The third-order valence-corrected chi connectivity index (χ3v) is 2.41. The van der Waals surface area contributed by atoms with Gasteiger partial charge in [0.25, 0.3) is 0 Å². The van der Waals surface area contributed by atoms with Crippen LogP contribution in [0.15, 0.2) is 18.3 Å². The molecule has 1 aliphatic heterocycles. The smallest absolute Gasteiger partial charge is 0.135 e. The quantitative estimate of drug-likeness (QED) is 0.731. The summed E-state index contributed by atoms with van der Waals surface area (Å²) in [6.07, 6.45) is 3.19. The fourth-order valence-electron chi connectivity index (χ4n) is 1.61. The molecule has 1 unspecified atom stereocenters. The second kappa shape index (κ2) is 3.94. The zero-order valence-corrected chi connectivity index (χ0v) is 7.93. The van der Waals surface area contributed by atoms with E-state index in [9.17, 15) is 5.11 Å². The lowest BCUT2D eigenvalue weighted by molar-refractivity contribution is 0.0349. The number of pyridine rings is 1. The van der Waals surface area contributed by atoms with Crippen LogP contribution in [0.1, 0.15) is 24.6 Å². The number of anilines is 1. The number of hydrogen-bond acceptors (Lipinski definition) is 4. The Morgan fingerprint density at radius 1 is 1.50 bits per heavy atom. The molecular formula is C10H14N3O. The van der Waals surface area contributed by atoms with Crippen molar-refractivity contribution in [1.29, 1.82) is 0 Å². The summed E-state index contributed by atoms with van der Waals surface area (Å²) in [6.45, 7) is 2.94. The summed E-state index contributed by atoms with van der Waals surface area (Å²) in [5, 5.41) is 9.93. The second-order valence-electron chi connectivity index (χ2n) is 3.45. The van der Waals surface area contributed by atoms with E-state index < -0.39 is 6.23 Å². The molecule has 14 heavy (non-hydrogen) atoms. The number of nitrogens with two attached hydrogens (primary N) is 1. The van der Waals surface area contributed by atoms with Gasteiger partial charge in [-0.1, -0.05) is 0 Å². The Labute approximate surface area is 83.4 Å². The number of aliphatic hydroxyl groups excluding tert-OH is 1. The first-order valence-corrected chi connectivity index (χ1v) is 4.76. The predicted molar refractivity (Wildman–Crippen MR) is 53.8 cm³/mol. The molecule has 1 saturated heterocycles. The van der Waals surface area contributed by atoms with E-state index in [4.69, 9.17) is 5.73 Å². The van der Waals surface area contributed by atoms with E-state index in [1.54, 1.807) is 18.3 Å². The van der Waals surface area contributed by atoms with Gasteiger partial charge in [0.1, 0.15) is 12.0 Å². The molecule has 4 heteroatoms. The number of rotatable bonds is 2. The van der Waals surface area contributed by atoms with Crippen molar-refractivity contribution in [3.8, 4) is 0 Å². The van der Waals surface area contributed by atoms with E-state index in [1.165, 1.54) is 0 Å². The minimum Gasteiger partial charge on any atom is -0.384 e. The average Bonchev–Trinajstić information content (AvgIpc) is 2.71. The average molecular weight is 192 g/mol. The SMILES string of the molecule is Nc1ccc(C(O)N2[CH]CCC2)cn1. The van der Waals surface area contributed by atoms with Crippen molar-refractivity contribution in [1.82, 2.24) is 9.88 Å². The van der Waals surface area contributed by atoms with Crippen molar-refractivity contribution in [2.45, 2.75) is 19.1 Å². The van der Waals surface area contributed by atoms with Crippen LogP contribution in [0.2, 0.25) is 0 Å². The Hall–Kier alpha value is -1.13. The monoisotopic (exact) mass is 192 g/mol. The van der Waals surface area contributed by atoms with Crippen LogP contribution in [0.4, 0.5) is 5.82 Å². The maximum absolute atomic E-state index is 9.93. The molecule has 0 amide bonds. The molecule has 1 fully saturated rings. The summed E-state index contributed by atoms with van der Waals surface area (Å²) in [7, 11) is 0. The van der Waals surface area contributed by atoms with Gasteiger partial charge in [-0.3, -0.25) is 4.90 Å². The molecule has 0 saturated carbocycles. The first-order chi connectivity index (χ1) is 6.77. The van der Waals surface area contributed by atoms with Gasteiger partial charge in [0.15, 0.2) is 0 Å². The fraction of sp³-hybridized carbons (Fsp3) is 0.400. The maximum Gasteiger partial charge on any atom is 0.135 e. The molecule has 1 aromatic rings. The number of aliphatic hydroxyl groups is 1. The highest BCUT2D eigenvalue weighted by atomic mass is 16.3. The Balaban J connectivity index is 2.09. The number of likely N-dealkylation sites (tertiary alicyclic amines) is 1. The van der Waals surface area contributed by atoms with Crippen molar-refractivity contribution in [3.63, 3.8) is 0 Å². The van der Waals surface area contributed by atoms with Crippen molar-refractivity contribution < 1.29 is 5.11 Å². The Morgan fingerprint density at radius 3 is 2.93 bits per heavy atom. The maximum atomic E-state index is 9.93. The Morgan fingerprint density at radius 2 is 2.36 bits per heavy atom. The van der Waals surface area contributed by atoms with Crippen LogP contribution in [0.5, 0.6) is 0 Å². The van der Waals surface area contributed by atoms with E-state index >= 15 is 0 Å². The number of aromatic nitrogens is 1. The lowest BCUT2D eigenvalue weighted by Gasteiger charge is -2.21. The van der Waals surface area contributed by atoms with Crippen LogP contribution in [0.3, 0.4) is 0 Å². The van der Waals surface area contributed by atoms with Crippen molar-refractivity contribution in [3.05, 3.63) is 30.4 Å². The van der Waals surface area contributed by atoms with Gasteiger partial charge in [0, 0.05) is 24.8 Å². The van der Waals surface area contributed by atoms with Crippen molar-refractivity contribution in [2.24, 2.45) is 0 Å². The lowest BCUT2D eigenvalue weighted by atomic mass is 10.2. The standard InChI is InChI=1S/C10H14N3O/c11-9-4-3-8(7-12-9)10(14)13-5-1-2-6-13/h3-5,7,10,14H,1-2,6H2,(H2,11,12). The van der Waals surface area contributed by atoms with Gasteiger partial charge in [-0.25, -0.2) is 4.98 Å². The predicted octanol–water partition coefficient (Wildman–Crippen LogP) is 0.912. The largest absolute Gasteiger partial charge is 0.384 e. The van der Waals surface area contributed by atoms with Gasteiger partial charge < -0.3 is 10.8 Å². The summed E-state index contributed by atoms with van der Waals surface area (Å²) in [6, 6.07) is 3.51. The molecular weight excluding hydrogens is 178 g/mol. The van der Waals surface area contributed by atoms with E-state index in [0.717, 1.165) is 24.9 Å². The highest BCUT2D eigenvalue weighted by molar-refractivity contribution is 5.30. The molecule has 2 heterocycles. The minimum absolute atomic E-state index is 0.478. The number of nitrogen functional groups attached to an aromatic ring is 1. The highest BCUT2D eigenvalue weighted by Gasteiger charge is 2.21. The zero-order chi connectivity index (χ0) is 9.97. The fourth-order valence-corrected chi connectivity index (χ4v) is 1.61. The van der Waals surface area contributed by atoms with Crippen molar-refractivity contribution >= 4 is 5.82 Å². The molecule has 1 aliphatic rings. The third-order valence-electron chi connectivity index (χ3n) is 2.41. The van der Waals surface area contributed by atoms with Gasteiger partial charge in [-0.15, -0.1) is 0 Å². The van der Waals surface area contributed by atoms with E-state index in [-0.39, 0.29) is 0 Å². The summed E-state index contributed by atoms with van der Waals surface area (Å²) in [5.74, 6) is 0.478. The van der Waals surface area contributed by atoms with Gasteiger partial charge in [0.2, 0.25) is 0 Å². The number of nitrogens with zero attached hydrogens (tertiary/aromatic N) is 2. The molecule has 1 radical (unpaired) electrons. The van der Waals surface area contributed by atoms with E-state index in [1.807, 2.05) is 11.4 Å². The molecule has 0 bridgehead atoms. The van der Waals surface area contributed by atoms with Gasteiger partial charge in [-0.05, 0) is 25.0 Å². The third kappa shape index (κ3) is 1.86. The van der Waals surface area contributed by atoms with Gasteiger partial charge in [0.05, 0.1) is 0 Å². The summed E-state index contributed by atoms with van der Waals surface area (Å²) in [5.41, 5.74) is 6.26. The van der Waals surface area contributed by atoms with Crippen LogP contribution in [-0.2, 0) is 0 Å². The lowest BCUT2D eigenvalue weighted by Crippen LogP contribution is -2.22. The second-order valence-corrected chi connectivity index (χ2v) is 3.45. The van der Waals surface area contributed by atoms with Crippen LogP contribution >= 0.6 is 0 Å². The van der Waals surface area contributed by atoms with E-state index in [2.05, 4.69) is 4.98 Å². The summed E-state index contributed by atoms with van der Waals surface area (Å²) >= 11 is 0. The molecule has 1 atom stereocenters.